The first kappa shape index (κ1) is 25.8. The molecule has 0 fully saturated rings. The number of amides is 2. The van der Waals surface area contributed by atoms with Crippen LogP contribution in [0.2, 0.25) is 20.1 Å². The maximum absolute atomic E-state index is 13.4. The quantitative estimate of drug-likeness (QED) is 0.421. The van der Waals surface area contributed by atoms with Crippen LogP contribution in [0.25, 0.3) is 0 Å². The SMILES string of the molecule is CC[C@H](C(=O)N[C@@H](C)CC)N(Cc1ccc(Cl)cc1Cl)C(=O)Cc1ccc(Cl)c(Cl)c1. The number of carbonyl (C=O) groups is 2. The minimum absolute atomic E-state index is 0.00712. The van der Waals surface area contributed by atoms with Crippen molar-refractivity contribution in [3.63, 3.8) is 0 Å². The smallest absolute Gasteiger partial charge is 0.243 e. The second-order valence-electron chi connectivity index (χ2n) is 7.42. The lowest BCUT2D eigenvalue weighted by Gasteiger charge is -2.32. The molecule has 0 heterocycles. The molecule has 2 amide bonds. The van der Waals surface area contributed by atoms with Crippen molar-refractivity contribution in [2.24, 2.45) is 0 Å². The van der Waals surface area contributed by atoms with Crippen LogP contribution in [0.4, 0.5) is 0 Å². The van der Waals surface area contributed by atoms with Crippen molar-refractivity contribution in [3.8, 4) is 0 Å². The van der Waals surface area contributed by atoms with Gasteiger partial charge in [-0.3, -0.25) is 9.59 Å². The minimum Gasteiger partial charge on any atom is -0.352 e. The Bertz CT molecular complexity index is 936. The molecule has 0 radical (unpaired) electrons. The molecule has 0 aliphatic heterocycles. The van der Waals surface area contributed by atoms with Gasteiger partial charge >= 0.3 is 0 Å². The van der Waals surface area contributed by atoms with Gasteiger partial charge in [0.1, 0.15) is 6.04 Å². The Labute approximate surface area is 203 Å². The highest BCUT2D eigenvalue weighted by molar-refractivity contribution is 6.42. The van der Waals surface area contributed by atoms with Crippen molar-refractivity contribution in [3.05, 3.63) is 67.6 Å². The molecule has 2 aromatic rings. The summed E-state index contributed by atoms with van der Waals surface area (Å²) < 4.78 is 0. The van der Waals surface area contributed by atoms with Crippen molar-refractivity contribution in [2.75, 3.05) is 0 Å². The Balaban J connectivity index is 2.35. The van der Waals surface area contributed by atoms with E-state index >= 15 is 0 Å². The molecule has 0 aliphatic rings. The molecule has 2 aromatic carbocycles. The van der Waals surface area contributed by atoms with Crippen LogP contribution in [0.3, 0.4) is 0 Å². The van der Waals surface area contributed by atoms with Gasteiger partial charge in [0.25, 0.3) is 0 Å². The average molecular weight is 504 g/mol. The van der Waals surface area contributed by atoms with E-state index in [9.17, 15) is 9.59 Å². The van der Waals surface area contributed by atoms with Gasteiger partial charge in [-0.05, 0) is 55.2 Å². The zero-order valence-corrected chi connectivity index (χ0v) is 20.7. The van der Waals surface area contributed by atoms with E-state index in [1.54, 1.807) is 41.3 Å². The third-order valence-electron chi connectivity index (χ3n) is 5.08. The first-order chi connectivity index (χ1) is 14.7. The van der Waals surface area contributed by atoms with Crippen LogP contribution in [-0.2, 0) is 22.6 Å². The maximum Gasteiger partial charge on any atom is 0.243 e. The molecule has 0 saturated heterocycles. The minimum atomic E-state index is -0.643. The fourth-order valence-corrected chi connectivity index (χ4v) is 3.91. The highest BCUT2D eigenvalue weighted by Crippen LogP contribution is 2.26. The third-order valence-corrected chi connectivity index (χ3v) is 6.41. The molecule has 168 valence electrons. The molecule has 0 saturated carbocycles. The number of nitrogens with zero attached hydrogens (tertiary/aromatic N) is 1. The maximum atomic E-state index is 13.4. The van der Waals surface area contributed by atoms with Crippen LogP contribution in [-0.4, -0.2) is 28.8 Å². The Hall–Kier alpha value is -1.46. The van der Waals surface area contributed by atoms with E-state index in [1.165, 1.54) is 0 Å². The van der Waals surface area contributed by atoms with Gasteiger partial charge in [-0.2, -0.15) is 0 Å². The number of halogens is 4. The summed E-state index contributed by atoms with van der Waals surface area (Å²) in [7, 11) is 0. The van der Waals surface area contributed by atoms with Crippen LogP contribution in [0.1, 0.15) is 44.7 Å². The second kappa shape index (κ2) is 12.0. The van der Waals surface area contributed by atoms with E-state index in [-0.39, 0.29) is 30.8 Å². The third kappa shape index (κ3) is 7.28. The van der Waals surface area contributed by atoms with Crippen molar-refractivity contribution in [1.82, 2.24) is 10.2 Å². The summed E-state index contributed by atoms with van der Waals surface area (Å²) in [5.41, 5.74) is 1.42. The topological polar surface area (TPSA) is 49.4 Å². The Morgan fingerprint density at radius 3 is 2.23 bits per heavy atom. The largest absolute Gasteiger partial charge is 0.352 e. The summed E-state index contributed by atoms with van der Waals surface area (Å²) >= 11 is 24.5. The van der Waals surface area contributed by atoms with E-state index in [0.29, 0.717) is 37.6 Å². The first-order valence-corrected chi connectivity index (χ1v) is 11.6. The lowest BCUT2D eigenvalue weighted by atomic mass is 10.1. The Kier molecular flexibility index (Phi) is 9.95. The zero-order valence-electron chi connectivity index (χ0n) is 17.7. The number of hydrogen-bond acceptors (Lipinski definition) is 2. The normalized spacial score (nSPS) is 12.9. The number of carbonyl (C=O) groups excluding carboxylic acids is 2. The molecule has 0 spiro atoms. The average Bonchev–Trinajstić information content (AvgIpc) is 2.71. The van der Waals surface area contributed by atoms with Crippen LogP contribution >= 0.6 is 46.4 Å². The van der Waals surface area contributed by atoms with Crippen LogP contribution in [0.15, 0.2) is 36.4 Å². The highest BCUT2D eigenvalue weighted by atomic mass is 35.5. The van der Waals surface area contributed by atoms with Gasteiger partial charge in [0.05, 0.1) is 16.5 Å². The summed E-state index contributed by atoms with van der Waals surface area (Å²) in [5, 5.41) is 4.72. The van der Waals surface area contributed by atoms with Crippen molar-refractivity contribution in [1.29, 1.82) is 0 Å². The van der Waals surface area contributed by atoms with E-state index < -0.39 is 6.04 Å². The molecule has 0 unspecified atom stereocenters. The molecule has 2 atom stereocenters. The van der Waals surface area contributed by atoms with Crippen molar-refractivity contribution >= 4 is 58.2 Å². The predicted octanol–water partition coefficient (Wildman–Crippen LogP) is 6.56. The lowest BCUT2D eigenvalue weighted by molar-refractivity contribution is -0.141. The Morgan fingerprint density at radius 1 is 0.935 bits per heavy atom. The fourth-order valence-electron chi connectivity index (χ4n) is 3.12. The zero-order chi connectivity index (χ0) is 23.1. The van der Waals surface area contributed by atoms with Crippen molar-refractivity contribution < 1.29 is 9.59 Å². The van der Waals surface area contributed by atoms with Gasteiger partial charge in [0, 0.05) is 22.6 Å². The van der Waals surface area contributed by atoms with Gasteiger partial charge in [0.15, 0.2) is 0 Å². The van der Waals surface area contributed by atoms with Gasteiger partial charge < -0.3 is 10.2 Å². The number of nitrogens with one attached hydrogen (secondary N) is 1. The van der Waals surface area contributed by atoms with Gasteiger partial charge in [-0.1, -0.05) is 72.4 Å². The molecule has 1 N–H and O–H groups in total. The predicted molar refractivity (Wildman–Crippen MR) is 129 cm³/mol. The summed E-state index contributed by atoms with van der Waals surface area (Å²) in [6, 6.07) is 9.53. The summed E-state index contributed by atoms with van der Waals surface area (Å²) in [6.07, 6.45) is 1.33. The number of benzene rings is 2. The molecule has 4 nitrogen and oxygen atoms in total. The molecule has 0 aliphatic carbocycles. The van der Waals surface area contributed by atoms with E-state index in [1.807, 2.05) is 20.8 Å². The van der Waals surface area contributed by atoms with Gasteiger partial charge in [-0.15, -0.1) is 0 Å². The number of hydrogen-bond donors (Lipinski definition) is 1. The van der Waals surface area contributed by atoms with Crippen LogP contribution < -0.4 is 5.32 Å². The summed E-state index contributed by atoms with van der Waals surface area (Å²) in [4.78, 5) is 27.9. The van der Waals surface area contributed by atoms with Crippen LogP contribution in [0.5, 0.6) is 0 Å². The summed E-state index contributed by atoms with van der Waals surface area (Å²) in [6.45, 7) is 5.99. The second-order valence-corrected chi connectivity index (χ2v) is 9.08. The van der Waals surface area contributed by atoms with Gasteiger partial charge in [-0.25, -0.2) is 0 Å². The monoisotopic (exact) mass is 502 g/mol. The highest BCUT2D eigenvalue weighted by Gasteiger charge is 2.29. The first-order valence-electron chi connectivity index (χ1n) is 10.1. The van der Waals surface area contributed by atoms with Gasteiger partial charge in [0.2, 0.25) is 11.8 Å². The van der Waals surface area contributed by atoms with E-state index in [2.05, 4.69) is 5.32 Å². The summed E-state index contributed by atoms with van der Waals surface area (Å²) in [5.74, 6) is -0.403. The Morgan fingerprint density at radius 2 is 1.65 bits per heavy atom. The molecule has 0 bridgehead atoms. The van der Waals surface area contributed by atoms with Crippen LogP contribution in [0, 0.1) is 0 Å². The lowest BCUT2D eigenvalue weighted by Crippen LogP contribution is -2.51. The molecule has 31 heavy (non-hydrogen) atoms. The molecular formula is C23H26Cl4N2O2. The van der Waals surface area contributed by atoms with Crippen molar-refractivity contribution in [2.45, 2.75) is 58.7 Å². The standard InChI is InChI=1S/C23H26Cl4N2O2/c1-4-14(3)28-23(31)21(5-2)29(13-16-7-8-17(24)12-19(16)26)22(30)11-15-6-9-18(25)20(27)10-15/h6-10,12,14,21H,4-5,11,13H2,1-3H3,(H,28,31)/t14-,21+/m0/s1. The molecule has 2 rings (SSSR count). The molecule has 0 aromatic heterocycles. The van der Waals surface area contributed by atoms with E-state index in [0.717, 1.165) is 6.42 Å². The fraction of sp³-hybridized carbons (Fsp3) is 0.391. The van der Waals surface area contributed by atoms with E-state index in [4.69, 9.17) is 46.4 Å². The number of rotatable bonds is 9. The molecular weight excluding hydrogens is 478 g/mol. The molecule has 8 heteroatoms.